The number of likely N-dealkylation sites (N-methyl/N-ethyl adjacent to an activating group) is 1. The lowest BCUT2D eigenvalue weighted by Gasteiger charge is -2.44. The van der Waals surface area contributed by atoms with Crippen LogP contribution in [0.15, 0.2) is 36.9 Å². The fourth-order valence-corrected chi connectivity index (χ4v) is 2.51. The van der Waals surface area contributed by atoms with Crippen molar-refractivity contribution in [2.45, 2.75) is 6.04 Å². The Labute approximate surface area is 126 Å². The number of imidazole rings is 1. The van der Waals surface area contributed by atoms with Crippen LogP contribution in [0, 0.1) is 5.82 Å². The van der Waals surface area contributed by atoms with E-state index in [9.17, 15) is 4.39 Å². The Balaban J connectivity index is 1.45. The van der Waals surface area contributed by atoms with Gasteiger partial charge < -0.3 is 9.80 Å². The molecule has 1 fully saturated rings. The second kappa shape index (κ2) is 4.90. The molecule has 1 saturated heterocycles. The summed E-state index contributed by atoms with van der Waals surface area (Å²) >= 11 is 0. The fourth-order valence-electron chi connectivity index (χ4n) is 2.51. The normalized spacial score (nSPS) is 15.1. The van der Waals surface area contributed by atoms with Crippen molar-refractivity contribution in [1.82, 2.24) is 24.6 Å². The van der Waals surface area contributed by atoms with Crippen LogP contribution in [0.5, 0.6) is 0 Å². The average Bonchev–Trinajstić information content (AvgIpc) is 2.94. The number of halogens is 1. The number of aromatic nitrogens is 5. The van der Waals surface area contributed by atoms with Crippen LogP contribution in [0.2, 0.25) is 0 Å². The highest BCUT2D eigenvalue weighted by molar-refractivity contribution is 5.49. The number of hydrogen-bond donors (Lipinski definition) is 0. The molecule has 1 aliphatic rings. The van der Waals surface area contributed by atoms with Crippen LogP contribution in [-0.4, -0.2) is 50.7 Å². The van der Waals surface area contributed by atoms with Gasteiger partial charge in [-0.2, -0.15) is 0 Å². The summed E-state index contributed by atoms with van der Waals surface area (Å²) in [7, 11) is 1.92. The molecule has 3 aromatic heterocycles. The third-order valence-corrected chi connectivity index (χ3v) is 3.90. The van der Waals surface area contributed by atoms with Crippen molar-refractivity contribution < 1.29 is 4.39 Å². The van der Waals surface area contributed by atoms with E-state index in [1.807, 2.05) is 30.3 Å². The van der Waals surface area contributed by atoms with Gasteiger partial charge in [0.15, 0.2) is 11.5 Å². The van der Waals surface area contributed by atoms with Crippen LogP contribution in [0.25, 0.3) is 5.65 Å². The van der Waals surface area contributed by atoms with Gasteiger partial charge in [-0.05, 0) is 12.1 Å². The Morgan fingerprint density at radius 3 is 2.73 bits per heavy atom. The van der Waals surface area contributed by atoms with Crippen molar-refractivity contribution in [3.05, 3.63) is 42.7 Å². The summed E-state index contributed by atoms with van der Waals surface area (Å²) in [5.74, 6) is 1.02. The zero-order chi connectivity index (χ0) is 15.1. The van der Waals surface area contributed by atoms with Crippen molar-refractivity contribution in [3.63, 3.8) is 0 Å². The molecule has 112 valence electrons. The van der Waals surface area contributed by atoms with E-state index in [-0.39, 0.29) is 6.04 Å². The highest BCUT2D eigenvalue weighted by Gasteiger charge is 2.32. The van der Waals surface area contributed by atoms with Gasteiger partial charge in [0, 0.05) is 32.5 Å². The maximum Gasteiger partial charge on any atom is 0.225 e. The van der Waals surface area contributed by atoms with Crippen molar-refractivity contribution >= 4 is 17.4 Å². The smallest absolute Gasteiger partial charge is 0.225 e. The number of rotatable bonds is 3. The molecule has 4 heterocycles. The Hall–Kier alpha value is -2.77. The van der Waals surface area contributed by atoms with Gasteiger partial charge in [0.25, 0.3) is 0 Å². The first kappa shape index (κ1) is 12.9. The predicted octanol–water partition coefficient (Wildman–Crippen LogP) is 0.983. The lowest BCUT2D eigenvalue weighted by molar-refractivity contribution is 0.483. The van der Waals surface area contributed by atoms with Gasteiger partial charge >= 0.3 is 0 Å². The van der Waals surface area contributed by atoms with E-state index in [2.05, 4.69) is 25.0 Å². The number of nitrogens with zero attached hydrogens (tertiary/aromatic N) is 7. The van der Waals surface area contributed by atoms with Gasteiger partial charge in [0.1, 0.15) is 5.82 Å². The van der Waals surface area contributed by atoms with E-state index < -0.39 is 5.82 Å². The molecule has 0 amide bonds. The summed E-state index contributed by atoms with van der Waals surface area (Å²) in [5, 5.41) is 4.52. The second-order valence-corrected chi connectivity index (χ2v) is 5.29. The third kappa shape index (κ3) is 2.12. The molecular formula is C14H14FN7. The van der Waals surface area contributed by atoms with Crippen LogP contribution >= 0.6 is 0 Å². The Bertz CT molecular complexity index is 794. The predicted molar refractivity (Wildman–Crippen MR) is 79.4 cm³/mol. The first-order valence-corrected chi connectivity index (χ1v) is 6.96. The molecule has 22 heavy (non-hydrogen) atoms. The Kier molecular flexibility index (Phi) is 2.88. The van der Waals surface area contributed by atoms with Crippen LogP contribution in [0.4, 0.5) is 16.2 Å². The molecule has 8 heteroatoms. The van der Waals surface area contributed by atoms with Gasteiger partial charge in [-0.1, -0.05) is 0 Å². The molecule has 4 rings (SSSR count). The van der Waals surface area contributed by atoms with E-state index in [1.165, 1.54) is 12.4 Å². The highest BCUT2D eigenvalue weighted by atomic mass is 19.1. The van der Waals surface area contributed by atoms with Gasteiger partial charge in [0.2, 0.25) is 5.95 Å². The number of fused-ring (bicyclic) bond motifs is 1. The average molecular weight is 299 g/mol. The Morgan fingerprint density at radius 1 is 1.18 bits per heavy atom. The van der Waals surface area contributed by atoms with Crippen molar-refractivity contribution in [2.75, 3.05) is 29.9 Å². The maximum atomic E-state index is 12.9. The standard InChI is InChI=1S/C14H14FN7/c1-20(14-17-6-10(15)7-18-14)11-8-21(9-11)13-3-2-12-16-4-5-22(12)19-13/h2-7,11H,8-9H2,1H3. The minimum absolute atomic E-state index is 0.283. The largest absolute Gasteiger partial charge is 0.351 e. The lowest BCUT2D eigenvalue weighted by Crippen LogP contribution is -2.59. The van der Waals surface area contributed by atoms with Crippen LogP contribution in [0.1, 0.15) is 0 Å². The van der Waals surface area contributed by atoms with Gasteiger partial charge in [-0.15, -0.1) is 5.10 Å². The molecule has 0 aromatic carbocycles. The topological polar surface area (TPSA) is 62.5 Å². The van der Waals surface area contributed by atoms with Crippen LogP contribution in [-0.2, 0) is 0 Å². The van der Waals surface area contributed by atoms with E-state index in [4.69, 9.17) is 0 Å². The van der Waals surface area contributed by atoms with Crippen LogP contribution in [0.3, 0.4) is 0 Å². The third-order valence-electron chi connectivity index (χ3n) is 3.90. The summed E-state index contributed by atoms with van der Waals surface area (Å²) in [4.78, 5) is 16.3. The van der Waals surface area contributed by atoms with Gasteiger partial charge in [-0.3, -0.25) is 0 Å². The Morgan fingerprint density at radius 2 is 1.95 bits per heavy atom. The van der Waals surface area contributed by atoms with E-state index in [0.29, 0.717) is 5.95 Å². The molecule has 0 N–H and O–H groups in total. The number of anilines is 2. The maximum absolute atomic E-state index is 12.9. The van der Waals surface area contributed by atoms with E-state index >= 15 is 0 Å². The van der Waals surface area contributed by atoms with E-state index in [1.54, 1.807) is 10.7 Å². The monoisotopic (exact) mass is 299 g/mol. The summed E-state index contributed by atoms with van der Waals surface area (Å²) in [6.45, 7) is 1.65. The van der Waals surface area contributed by atoms with Gasteiger partial charge in [0.05, 0.1) is 18.4 Å². The first-order valence-electron chi connectivity index (χ1n) is 6.96. The summed E-state index contributed by atoms with van der Waals surface area (Å²) in [5.41, 5.74) is 0.831. The van der Waals surface area contributed by atoms with Crippen LogP contribution < -0.4 is 9.80 Å². The molecule has 0 atom stereocenters. The van der Waals surface area contributed by atoms with Gasteiger partial charge in [-0.25, -0.2) is 23.9 Å². The molecule has 0 unspecified atom stereocenters. The zero-order valence-electron chi connectivity index (χ0n) is 12.0. The molecule has 0 saturated carbocycles. The molecule has 3 aromatic rings. The first-order chi connectivity index (χ1) is 10.7. The van der Waals surface area contributed by atoms with Crippen molar-refractivity contribution in [2.24, 2.45) is 0 Å². The fraction of sp³-hybridized carbons (Fsp3) is 0.286. The molecule has 0 spiro atoms. The molecule has 0 bridgehead atoms. The second-order valence-electron chi connectivity index (χ2n) is 5.29. The number of hydrogen-bond acceptors (Lipinski definition) is 6. The summed E-state index contributed by atoms with van der Waals surface area (Å²) in [6.07, 6.45) is 5.92. The summed E-state index contributed by atoms with van der Waals surface area (Å²) in [6, 6.07) is 4.20. The lowest BCUT2D eigenvalue weighted by atomic mass is 10.1. The molecule has 0 radical (unpaired) electrons. The minimum Gasteiger partial charge on any atom is -0.351 e. The molecule has 1 aliphatic heterocycles. The van der Waals surface area contributed by atoms with Crippen molar-refractivity contribution in [3.8, 4) is 0 Å². The molecule has 7 nitrogen and oxygen atoms in total. The SMILES string of the molecule is CN(c1ncc(F)cn1)C1CN(c2ccc3nccn3n2)C1. The van der Waals surface area contributed by atoms with E-state index in [0.717, 1.165) is 24.6 Å². The van der Waals surface area contributed by atoms with Crippen molar-refractivity contribution in [1.29, 1.82) is 0 Å². The summed E-state index contributed by atoms with van der Waals surface area (Å²) < 4.78 is 14.6. The minimum atomic E-state index is -0.426. The molecule has 0 aliphatic carbocycles. The highest BCUT2D eigenvalue weighted by Crippen LogP contribution is 2.23. The zero-order valence-corrected chi connectivity index (χ0v) is 12.0. The molecular weight excluding hydrogens is 285 g/mol. The quantitative estimate of drug-likeness (QED) is 0.718.